The Morgan fingerprint density at radius 2 is 2.05 bits per heavy atom. The number of aryl methyl sites for hydroxylation is 2. The van der Waals surface area contributed by atoms with Crippen LogP contribution in [0.2, 0.25) is 0 Å². The molecule has 3 aromatic rings. The van der Waals surface area contributed by atoms with Crippen molar-refractivity contribution in [3.8, 4) is 0 Å². The van der Waals surface area contributed by atoms with Crippen LogP contribution in [-0.4, -0.2) is 26.6 Å². The van der Waals surface area contributed by atoms with Crippen molar-refractivity contribution in [3.05, 3.63) is 47.9 Å². The lowest BCUT2D eigenvalue weighted by atomic mass is 10.0. The van der Waals surface area contributed by atoms with E-state index in [2.05, 4.69) is 34.8 Å². The summed E-state index contributed by atoms with van der Waals surface area (Å²) < 4.78 is 3.77. The summed E-state index contributed by atoms with van der Waals surface area (Å²) in [6, 6.07) is 8.52. The predicted molar refractivity (Wildman–Crippen MR) is 79.4 cm³/mol. The van der Waals surface area contributed by atoms with E-state index in [1.54, 1.807) is 0 Å². The van der Waals surface area contributed by atoms with Gasteiger partial charge in [-0.15, -0.1) is 0 Å². The normalized spacial score (nSPS) is 12.9. The minimum absolute atomic E-state index is 0.185. The second kappa shape index (κ2) is 5.09. The maximum atomic E-state index is 4.69. The average molecular weight is 269 g/mol. The van der Waals surface area contributed by atoms with E-state index in [1.165, 1.54) is 10.9 Å². The number of likely N-dealkylation sites (N-methyl/N-ethyl adjacent to an activating group) is 1. The quantitative estimate of drug-likeness (QED) is 0.786. The third-order valence-electron chi connectivity index (χ3n) is 3.66. The van der Waals surface area contributed by atoms with Crippen LogP contribution in [0.1, 0.15) is 17.3 Å². The van der Waals surface area contributed by atoms with E-state index >= 15 is 0 Å². The molecular weight excluding hydrogens is 250 g/mol. The number of nitrogens with zero attached hydrogens (tertiary/aromatic N) is 4. The Hall–Kier alpha value is -2.14. The van der Waals surface area contributed by atoms with Gasteiger partial charge in [-0.1, -0.05) is 18.2 Å². The highest BCUT2D eigenvalue weighted by atomic mass is 15.3. The van der Waals surface area contributed by atoms with Crippen molar-refractivity contribution in [2.75, 3.05) is 7.05 Å². The third-order valence-corrected chi connectivity index (χ3v) is 3.66. The van der Waals surface area contributed by atoms with E-state index in [0.717, 1.165) is 17.6 Å². The highest BCUT2D eigenvalue weighted by molar-refractivity contribution is 5.82. The first kappa shape index (κ1) is 12.9. The highest BCUT2D eigenvalue weighted by Gasteiger charge is 2.18. The van der Waals surface area contributed by atoms with E-state index in [9.17, 15) is 0 Å². The van der Waals surface area contributed by atoms with Crippen LogP contribution in [-0.2, 0) is 20.5 Å². The van der Waals surface area contributed by atoms with Crippen LogP contribution in [0.3, 0.4) is 0 Å². The second-order valence-corrected chi connectivity index (χ2v) is 5.09. The topological polar surface area (TPSA) is 47.7 Å². The van der Waals surface area contributed by atoms with Gasteiger partial charge in [-0.25, -0.2) is 0 Å². The molecule has 2 heterocycles. The molecule has 0 radical (unpaired) electrons. The van der Waals surface area contributed by atoms with Crippen molar-refractivity contribution in [2.24, 2.45) is 14.1 Å². The lowest BCUT2D eigenvalue weighted by Crippen LogP contribution is -2.19. The SMILES string of the molecule is CNC(Cc1cnn(C)c1)c1nn(C)c2ccccc12. The van der Waals surface area contributed by atoms with Gasteiger partial charge in [0.15, 0.2) is 0 Å². The van der Waals surface area contributed by atoms with E-state index in [0.29, 0.717) is 0 Å². The molecule has 1 atom stereocenters. The van der Waals surface area contributed by atoms with Gasteiger partial charge in [-0.2, -0.15) is 10.2 Å². The first-order valence-corrected chi connectivity index (χ1v) is 6.75. The molecule has 0 aliphatic heterocycles. The van der Waals surface area contributed by atoms with E-state index in [1.807, 2.05) is 42.8 Å². The third kappa shape index (κ3) is 2.20. The van der Waals surface area contributed by atoms with Crippen LogP contribution < -0.4 is 5.32 Å². The fourth-order valence-corrected chi connectivity index (χ4v) is 2.65. The van der Waals surface area contributed by atoms with Gasteiger partial charge in [0, 0.05) is 25.7 Å². The Balaban J connectivity index is 1.99. The highest BCUT2D eigenvalue weighted by Crippen LogP contribution is 2.25. The number of rotatable bonds is 4. The van der Waals surface area contributed by atoms with Gasteiger partial charge in [0.25, 0.3) is 0 Å². The number of hydrogen-bond acceptors (Lipinski definition) is 3. The first-order valence-electron chi connectivity index (χ1n) is 6.75. The molecular formula is C15H19N5. The lowest BCUT2D eigenvalue weighted by molar-refractivity contribution is 0.566. The van der Waals surface area contributed by atoms with Gasteiger partial charge in [0.2, 0.25) is 0 Å². The molecule has 0 aliphatic carbocycles. The summed E-state index contributed by atoms with van der Waals surface area (Å²) >= 11 is 0. The zero-order valence-electron chi connectivity index (χ0n) is 12.0. The maximum absolute atomic E-state index is 4.69. The molecule has 0 saturated carbocycles. The van der Waals surface area contributed by atoms with E-state index in [-0.39, 0.29) is 6.04 Å². The number of hydrogen-bond donors (Lipinski definition) is 1. The molecule has 0 saturated heterocycles. The molecule has 0 bridgehead atoms. The molecule has 0 fully saturated rings. The maximum Gasteiger partial charge on any atom is 0.0875 e. The molecule has 20 heavy (non-hydrogen) atoms. The summed E-state index contributed by atoms with van der Waals surface area (Å²) in [6.45, 7) is 0. The Bertz CT molecular complexity index is 725. The van der Waals surface area contributed by atoms with Gasteiger partial charge in [-0.05, 0) is 25.1 Å². The molecule has 0 spiro atoms. The summed E-state index contributed by atoms with van der Waals surface area (Å²) in [7, 11) is 5.90. The zero-order valence-corrected chi connectivity index (χ0v) is 12.0. The molecule has 1 N–H and O–H groups in total. The minimum Gasteiger partial charge on any atom is -0.311 e. The van der Waals surface area contributed by atoms with Crippen LogP contribution in [0.5, 0.6) is 0 Å². The van der Waals surface area contributed by atoms with Crippen molar-refractivity contribution in [2.45, 2.75) is 12.5 Å². The molecule has 2 aromatic heterocycles. The molecule has 5 nitrogen and oxygen atoms in total. The van der Waals surface area contributed by atoms with Crippen molar-refractivity contribution >= 4 is 10.9 Å². The zero-order chi connectivity index (χ0) is 14.1. The Labute approximate surface area is 118 Å². The second-order valence-electron chi connectivity index (χ2n) is 5.09. The average Bonchev–Trinajstić information content (AvgIpc) is 3.01. The van der Waals surface area contributed by atoms with Crippen LogP contribution >= 0.6 is 0 Å². The Kier molecular flexibility index (Phi) is 3.28. The largest absolute Gasteiger partial charge is 0.311 e. The van der Waals surface area contributed by atoms with Crippen molar-refractivity contribution in [3.63, 3.8) is 0 Å². The smallest absolute Gasteiger partial charge is 0.0875 e. The minimum atomic E-state index is 0.185. The number of aromatic nitrogens is 4. The first-order chi connectivity index (χ1) is 9.69. The molecule has 0 amide bonds. The fourth-order valence-electron chi connectivity index (χ4n) is 2.65. The van der Waals surface area contributed by atoms with Crippen molar-refractivity contribution in [1.29, 1.82) is 0 Å². The molecule has 0 aliphatic rings. The standard InChI is InChI=1S/C15H19N5/c1-16-13(8-11-9-17-19(2)10-11)15-12-6-4-5-7-14(12)20(3)18-15/h4-7,9-10,13,16H,8H2,1-3H3. The summed E-state index contributed by atoms with van der Waals surface area (Å²) in [5.74, 6) is 0. The number of nitrogens with one attached hydrogen (secondary N) is 1. The Morgan fingerprint density at radius 1 is 1.25 bits per heavy atom. The van der Waals surface area contributed by atoms with Crippen LogP contribution in [0.25, 0.3) is 10.9 Å². The number of fused-ring (bicyclic) bond motifs is 1. The number of benzene rings is 1. The number of para-hydroxylation sites is 1. The molecule has 1 unspecified atom stereocenters. The monoisotopic (exact) mass is 269 g/mol. The Morgan fingerprint density at radius 3 is 2.75 bits per heavy atom. The molecule has 1 aromatic carbocycles. The van der Waals surface area contributed by atoms with E-state index in [4.69, 9.17) is 5.10 Å². The lowest BCUT2D eigenvalue weighted by Gasteiger charge is -2.13. The van der Waals surface area contributed by atoms with Crippen LogP contribution in [0.15, 0.2) is 36.7 Å². The van der Waals surface area contributed by atoms with Gasteiger partial charge in [0.05, 0.1) is 23.4 Å². The molecule has 3 rings (SSSR count). The fraction of sp³-hybridized carbons (Fsp3) is 0.333. The van der Waals surface area contributed by atoms with E-state index < -0.39 is 0 Å². The summed E-state index contributed by atoms with van der Waals surface area (Å²) in [5.41, 5.74) is 3.46. The van der Waals surface area contributed by atoms with Gasteiger partial charge >= 0.3 is 0 Å². The summed E-state index contributed by atoms with van der Waals surface area (Å²) in [4.78, 5) is 0. The van der Waals surface area contributed by atoms with Gasteiger partial charge in [0.1, 0.15) is 0 Å². The van der Waals surface area contributed by atoms with Crippen LogP contribution in [0, 0.1) is 0 Å². The predicted octanol–water partition coefficient (Wildman–Crippen LogP) is 1.81. The van der Waals surface area contributed by atoms with Gasteiger partial charge in [-0.3, -0.25) is 9.36 Å². The van der Waals surface area contributed by atoms with Gasteiger partial charge < -0.3 is 5.32 Å². The van der Waals surface area contributed by atoms with Crippen LogP contribution in [0.4, 0.5) is 0 Å². The summed E-state index contributed by atoms with van der Waals surface area (Å²) in [5, 5.41) is 13.5. The van der Waals surface area contributed by atoms with Crippen molar-refractivity contribution < 1.29 is 0 Å². The molecule has 104 valence electrons. The summed E-state index contributed by atoms with van der Waals surface area (Å²) in [6.07, 6.45) is 4.84. The molecule has 5 heteroatoms. The van der Waals surface area contributed by atoms with Crippen molar-refractivity contribution in [1.82, 2.24) is 24.9 Å².